The van der Waals surface area contributed by atoms with E-state index in [1.165, 1.54) is 0 Å². The molecule has 0 radical (unpaired) electrons. The van der Waals surface area contributed by atoms with Crippen LogP contribution in [-0.2, 0) is 24.2 Å². The van der Waals surface area contributed by atoms with Gasteiger partial charge in [0.2, 0.25) is 5.91 Å². The fourth-order valence-electron chi connectivity index (χ4n) is 4.57. The van der Waals surface area contributed by atoms with Crippen molar-refractivity contribution in [1.29, 1.82) is 0 Å². The Morgan fingerprint density at radius 3 is 2.72 bits per heavy atom. The first-order chi connectivity index (χ1) is 14.2. The van der Waals surface area contributed by atoms with Crippen LogP contribution in [0.1, 0.15) is 24.2 Å². The van der Waals surface area contributed by atoms with E-state index in [0.29, 0.717) is 6.42 Å². The molecule has 1 aromatic carbocycles. The molecule has 0 N–H and O–H groups in total. The Morgan fingerprint density at radius 2 is 1.97 bits per heavy atom. The maximum Gasteiger partial charge on any atom is 0.227 e. The molecule has 3 aromatic rings. The SMILES string of the molecule is COc1ccc(CC(=O)N2[C@@H]3CC[C@H]2Cc2nnc(-c4cccnc4)n2C3)cc1. The summed E-state index contributed by atoms with van der Waals surface area (Å²) < 4.78 is 7.39. The standard InChI is InChI=1S/C22H23N5O2/c1-29-19-8-4-15(5-9-19)11-21(28)27-17-6-7-18(27)14-26-20(12-17)24-25-22(26)16-3-2-10-23-13-16/h2-5,8-10,13,17-18H,6-7,11-12,14H2,1H3/t17-,18+/m0/s1. The average molecular weight is 389 g/mol. The number of carbonyl (C=O) groups excluding carboxylic acids is 1. The number of benzene rings is 1. The Bertz CT molecular complexity index is 1020. The zero-order chi connectivity index (χ0) is 19.8. The van der Waals surface area contributed by atoms with E-state index in [4.69, 9.17) is 4.74 Å². The van der Waals surface area contributed by atoms with Gasteiger partial charge in [-0.2, -0.15) is 0 Å². The van der Waals surface area contributed by atoms with Crippen molar-refractivity contribution in [2.24, 2.45) is 0 Å². The lowest BCUT2D eigenvalue weighted by atomic mass is 10.1. The van der Waals surface area contributed by atoms with E-state index >= 15 is 0 Å². The fraction of sp³-hybridized carbons (Fsp3) is 0.364. The van der Waals surface area contributed by atoms with Gasteiger partial charge >= 0.3 is 0 Å². The number of carbonyl (C=O) groups is 1. The molecule has 7 nitrogen and oxygen atoms in total. The molecule has 0 aliphatic carbocycles. The van der Waals surface area contributed by atoms with Gasteiger partial charge in [-0.3, -0.25) is 9.78 Å². The summed E-state index contributed by atoms with van der Waals surface area (Å²) in [6, 6.07) is 12.0. The number of rotatable bonds is 4. The predicted molar refractivity (Wildman–Crippen MR) is 107 cm³/mol. The van der Waals surface area contributed by atoms with E-state index in [9.17, 15) is 4.79 Å². The minimum absolute atomic E-state index is 0.179. The number of pyridine rings is 1. The minimum Gasteiger partial charge on any atom is -0.497 e. The van der Waals surface area contributed by atoms with Crippen molar-refractivity contribution in [3.05, 3.63) is 60.2 Å². The molecule has 2 atom stereocenters. The van der Waals surface area contributed by atoms with Gasteiger partial charge in [-0.15, -0.1) is 10.2 Å². The van der Waals surface area contributed by atoms with Crippen molar-refractivity contribution >= 4 is 5.91 Å². The van der Waals surface area contributed by atoms with E-state index in [1.54, 1.807) is 13.3 Å². The van der Waals surface area contributed by atoms with Crippen LogP contribution in [0.15, 0.2) is 48.8 Å². The Morgan fingerprint density at radius 1 is 1.14 bits per heavy atom. The molecule has 0 spiro atoms. The van der Waals surface area contributed by atoms with Crippen LogP contribution in [0.4, 0.5) is 0 Å². The van der Waals surface area contributed by atoms with Crippen LogP contribution in [0.5, 0.6) is 5.75 Å². The molecule has 29 heavy (non-hydrogen) atoms. The van der Waals surface area contributed by atoms with E-state index < -0.39 is 0 Å². The number of hydrogen-bond donors (Lipinski definition) is 0. The van der Waals surface area contributed by atoms with Crippen molar-refractivity contribution in [1.82, 2.24) is 24.6 Å². The highest BCUT2D eigenvalue weighted by molar-refractivity contribution is 5.80. The van der Waals surface area contributed by atoms with Crippen LogP contribution in [0.3, 0.4) is 0 Å². The van der Waals surface area contributed by atoms with E-state index in [-0.39, 0.29) is 18.0 Å². The molecule has 1 fully saturated rings. The summed E-state index contributed by atoms with van der Waals surface area (Å²) in [5, 5.41) is 8.86. The Hall–Kier alpha value is -3.22. The molecule has 5 rings (SSSR count). The first-order valence-corrected chi connectivity index (χ1v) is 9.99. The Balaban J connectivity index is 1.38. The molecule has 2 aliphatic heterocycles. The number of methoxy groups -OCH3 is 1. The summed E-state index contributed by atoms with van der Waals surface area (Å²) in [6.45, 7) is 0.734. The van der Waals surface area contributed by atoms with Crippen molar-refractivity contribution in [2.45, 2.75) is 44.3 Å². The van der Waals surface area contributed by atoms with Gasteiger partial charge in [-0.25, -0.2) is 0 Å². The van der Waals surface area contributed by atoms with Gasteiger partial charge in [0.25, 0.3) is 0 Å². The third-order valence-corrected chi connectivity index (χ3v) is 5.98. The maximum atomic E-state index is 13.2. The third kappa shape index (κ3) is 3.26. The lowest BCUT2D eigenvalue weighted by Gasteiger charge is -2.28. The first-order valence-electron chi connectivity index (χ1n) is 9.99. The largest absolute Gasteiger partial charge is 0.497 e. The molecule has 2 bridgehead atoms. The highest BCUT2D eigenvalue weighted by Gasteiger charge is 2.41. The van der Waals surface area contributed by atoms with Gasteiger partial charge in [-0.05, 0) is 42.7 Å². The van der Waals surface area contributed by atoms with E-state index in [0.717, 1.165) is 54.3 Å². The zero-order valence-corrected chi connectivity index (χ0v) is 16.4. The maximum absolute atomic E-state index is 13.2. The van der Waals surface area contributed by atoms with Gasteiger partial charge in [0, 0.05) is 37.0 Å². The number of amides is 1. The van der Waals surface area contributed by atoms with Crippen molar-refractivity contribution in [2.75, 3.05) is 7.11 Å². The number of nitrogens with zero attached hydrogens (tertiary/aromatic N) is 5. The average Bonchev–Trinajstić information content (AvgIpc) is 3.28. The first kappa shape index (κ1) is 17.8. The van der Waals surface area contributed by atoms with Crippen LogP contribution in [-0.4, -0.2) is 49.7 Å². The zero-order valence-electron chi connectivity index (χ0n) is 16.4. The summed E-state index contributed by atoms with van der Waals surface area (Å²) in [7, 11) is 1.65. The molecule has 2 aromatic heterocycles. The summed E-state index contributed by atoms with van der Waals surface area (Å²) in [6.07, 6.45) is 6.76. The van der Waals surface area contributed by atoms with Crippen LogP contribution < -0.4 is 4.74 Å². The molecule has 1 saturated heterocycles. The summed E-state index contributed by atoms with van der Waals surface area (Å²) in [5.41, 5.74) is 1.97. The number of hydrogen-bond acceptors (Lipinski definition) is 5. The summed E-state index contributed by atoms with van der Waals surface area (Å²) in [4.78, 5) is 19.5. The van der Waals surface area contributed by atoms with E-state index in [2.05, 4.69) is 24.6 Å². The van der Waals surface area contributed by atoms with Crippen LogP contribution in [0.25, 0.3) is 11.4 Å². The molecule has 148 valence electrons. The van der Waals surface area contributed by atoms with Crippen molar-refractivity contribution < 1.29 is 9.53 Å². The van der Waals surface area contributed by atoms with Crippen LogP contribution in [0.2, 0.25) is 0 Å². The fourth-order valence-corrected chi connectivity index (χ4v) is 4.57. The molecular weight excluding hydrogens is 366 g/mol. The quantitative estimate of drug-likeness (QED) is 0.686. The van der Waals surface area contributed by atoms with Gasteiger partial charge < -0.3 is 14.2 Å². The smallest absolute Gasteiger partial charge is 0.227 e. The Kier molecular flexibility index (Phi) is 4.50. The van der Waals surface area contributed by atoms with Crippen LogP contribution >= 0.6 is 0 Å². The topological polar surface area (TPSA) is 73.1 Å². The second-order valence-electron chi connectivity index (χ2n) is 7.71. The predicted octanol–water partition coefficient (Wildman–Crippen LogP) is 2.51. The lowest BCUT2D eigenvalue weighted by Crippen LogP contribution is -2.42. The van der Waals surface area contributed by atoms with Crippen LogP contribution in [0, 0.1) is 0 Å². The second-order valence-corrected chi connectivity index (χ2v) is 7.71. The summed E-state index contributed by atoms with van der Waals surface area (Å²) in [5.74, 6) is 2.78. The summed E-state index contributed by atoms with van der Waals surface area (Å²) >= 11 is 0. The molecule has 7 heteroatoms. The molecule has 0 saturated carbocycles. The monoisotopic (exact) mass is 389 g/mol. The molecule has 1 amide bonds. The van der Waals surface area contributed by atoms with E-state index in [1.807, 2.05) is 42.6 Å². The van der Waals surface area contributed by atoms with Gasteiger partial charge in [0.15, 0.2) is 5.82 Å². The molecule has 4 heterocycles. The minimum atomic E-state index is 0.179. The highest BCUT2D eigenvalue weighted by Crippen LogP contribution is 2.33. The number of aromatic nitrogens is 4. The van der Waals surface area contributed by atoms with Crippen molar-refractivity contribution in [3.63, 3.8) is 0 Å². The molecule has 2 aliphatic rings. The number of fused-ring (bicyclic) bond motifs is 3. The molecular formula is C22H23N5O2. The second kappa shape index (κ2) is 7.31. The highest BCUT2D eigenvalue weighted by atomic mass is 16.5. The van der Waals surface area contributed by atoms with Gasteiger partial charge in [-0.1, -0.05) is 12.1 Å². The van der Waals surface area contributed by atoms with Crippen molar-refractivity contribution in [3.8, 4) is 17.1 Å². The molecule has 0 unspecified atom stereocenters. The number of ether oxygens (including phenoxy) is 1. The Labute approximate surface area is 169 Å². The third-order valence-electron chi connectivity index (χ3n) is 5.98. The van der Waals surface area contributed by atoms with Gasteiger partial charge in [0.1, 0.15) is 11.6 Å². The van der Waals surface area contributed by atoms with Gasteiger partial charge in [0.05, 0.1) is 19.6 Å². The lowest BCUT2D eigenvalue weighted by molar-refractivity contribution is -0.133. The normalized spacial score (nSPS) is 20.2.